The first kappa shape index (κ1) is 23.3. The van der Waals surface area contributed by atoms with Gasteiger partial charge in [-0.3, -0.25) is 9.59 Å². The molecule has 0 unspecified atom stereocenters. The van der Waals surface area contributed by atoms with Gasteiger partial charge in [0.05, 0.1) is 6.54 Å². The smallest absolute Gasteiger partial charge is 0.244 e. The zero-order valence-electron chi connectivity index (χ0n) is 14.9. The van der Waals surface area contributed by atoms with E-state index in [0.717, 1.165) is 23.3 Å². The molecule has 11 heteroatoms. The second-order valence-electron chi connectivity index (χ2n) is 6.38. The lowest BCUT2D eigenvalue weighted by molar-refractivity contribution is -0.136. The molecule has 0 bridgehead atoms. The summed E-state index contributed by atoms with van der Waals surface area (Å²) >= 11 is 0. The number of carbonyl (C=O) groups is 2. The van der Waals surface area contributed by atoms with Crippen molar-refractivity contribution in [3.8, 4) is 0 Å². The van der Waals surface area contributed by atoms with Crippen molar-refractivity contribution in [3.05, 3.63) is 29.8 Å². The van der Waals surface area contributed by atoms with E-state index in [0.29, 0.717) is 19.2 Å². The van der Waals surface area contributed by atoms with Crippen LogP contribution in [0.15, 0.2) is 18.2 Å². The lowest BCUT2D eigenvalue weighted by Gasteiger charge is -2.37. The Balaban J connectivity index is 0.00000364. The van der Waals surface area contributed by atoms with Gasteiger partial charge >= 0.3 is 0 Å². The Labute approximate surface area is 162 Å². The molecule has 1 heterocycles. The van der Waals surface area contributed by atoms with Crippen molar-refractivity contribution in [1.29, 1.82) is 0 Å². The predicted molar refractivity (Wildman–Crippen MR) is 99.6 cm³/mol. The van der Waals surface area contributed by atoms with E-state index in [-0.39, 0.29) is 30.9 Å². The number of benzene rings is 1. The number of amides is 2. The van der Waals surface area contributed by atoms with Gasteiger partial charge in [0.15, 0.2) is 14.6 Å². The van der Waals surface area contributed by atoms with Crippen molar-refractivity contribution < 1.29 is 26.8 Å². The van der Waals surface area contributed by atoms with E-state index in [2.05, 4.69) is 10.6 Å². The van der Waals surface area contributed by atoms with E-state index < -0.39 is 44.6 Å². The molecule has 0 radical (unpaired) electrons. The van der Waals surface area contributed by atoms with Crippen LogP contribution in [-0.4, -0.2) is 62.8 Å². The van der Waals surface area contributed by atoms with Gasteiger partial charge in [0, 0.05) is 25.1 Å². The molecule has 27 heavy (non-hydrogen) atoms. The highest BCUT2D eigenvalue weighted by Crippen LogP contribution is 2.29. The number of hydrogen-bond donors (Lipinski definition) is 2. The first-order valence-electron chi connectivity index (χ1n) is 7.97. The lowest BCUT2D eigenvalue weighted by atomic mass is 9.95. The summed E-state index contributed by atoms with van der Waals surface area (Å²) in [5, 5.41) is 5.29. The first-order valence-corrected chi connectivity index (χ1v) is 9.86. The van der Waals surface area contributed by atoms with Gasteiger partial charge in [0.2, 0.25) is 11.8 Å². The standard InChI is InChI=1S/C16H21F2N3O4S.ClH/c1-21(10-14(22)20-13-8-11(17)7-12(18)9-13)15(23)16(26(2,24)25)3-5-19-6-4-16;/h7-9,19H,3-6,10H2,1-2H3,(H,20,22);1H. The van der Waals surface area contributed by atoms with Crippen LogP contribution < -0.4 is 10.6 Å². The summed E-state index contributed by atoms with van der Waals surface area (Å²) in [6.07, 6.45) is 1.25. The van der Waals surface area contributed by atoms with Crippen LogP contribution in [-0.2, 0) is 19.4 Å². The molecule has 1 fully saturated rings. The van der Waals surface area contributed by atoms with Crippen LogP contribution in [0.2, 0.25) is 0 Å². The highest BCUT2D eigenvalue weighted by Gasteiger charge is 2.50. The molecule has 7 nitrogen and oxygen atoms in total. The minimum atomic E-state index is -3.70. The predicted octanol–water partition coefficient (Wildman–Crippen LogP) is 0.950. The van der Waals surface area contributed by atoms with Crippen LogP contribution in [0.4, 0.5) is 14.5 Å². The van der Waals surface area contributed by atoms with Crippen LogP contribution in [0.5, 0.6) is 0 Å². The van der Waals surface area contributed by atoms with Crippen molar-refractivity contribution in [2.45, 2.75) is 17.6 Å². The first-order chi connectivity index (χ1) is 12.0. The van der Waals surface area contributed by atoms with E-state index in [9.17, 15) is 26.8 Å². The Morgan fingerprint density at radius 2 is 1.70 bits per heavy atom. The van der Waals surface area contributed by atoms with Crippen molar-refractivity contribution >= 4 is 39.7 Å². The van der Waals surface area contributed by atoms with E-state index in [4.69, 9.17) is 0 Å². The zero-order valence-corrected chi connectivity index (χ0v) is 16.6. The van der Waals surface area contributed by atoms with E-state index in [1.54, 1.807) is 0 Å². The quantitative estimate of drug-likeness (QED) is 0.732. The van der Waals surface area contributed by atoms with Gasteiger partial charge in [0.25, 0.3) is 0 Å². The Hall–Kier alpha value is -1.78. The van der Waals surface area contributed by atoms with Crippen molar-refractivity contribution in [1.82, 2.24) is 10.2 Å². The molecule has 0 saturated carbocycles. The van der Waals surface area contributed by atoms with Crippen molar-refractivity contribution in [2.24, 2.45) is 0 Å². The van der Waals surface area contributed by atoms with Crippen LogP contribution in [0, 0.1) is 11.6 Å². The Kier molecular flexibility index (Phi) is 7.70. The third kappa shape index (κ3) is 5.36. The number of halogens is 3. The Morgan fingerprint density at radius 3 is 2.19 bits per heavy atom. The summed E-state index contributed by atoms with van der Waals surface area (Å²) < 4.78 is 49.3. The number of hydrogen-bond acceptors (Lipinski definition) is 5. The highest BCUT2D eigenvalue weighted by atomic mass is 35.5. The second-order valence-corrected chi connectivity index (χ2v) is 8.71. The monoisotopic (exact) mass is 425 g/mol. The maximum Gasteiger partial charge on any atom is 0.244 e. The minimum absolute atomic E-state index is 0. The van der Waals surface area contributed by atoms with Crippen LogP contribution >= 0.6 is 12.4 Å². The Morgan fingerprint density at radius 1 is 1.19 bits per heavy atom. The largest absolute Gasteiger partial charge is 0.335 e. The second kappa shape index (κ2) is 8.94. The normalized spacial score (nSPS) is 16.1. The third-order valence-electron chi connectivity index (χ3n) is 4.38. The number of likely N-dealkylation sites (N-methyl/N-ethyl adjacent to an activating group) is 1. The molecule has 0 spiro atoms. The van der Waals surface area contributed by atoms with Crippen LogP contribution in [0.3, 0.4) is 0 Å². The summed E-state index contributed by atoms with van der Waals surface area (Å²) in [6, 6.07) is 2.54. The maximum absolute atomic E-state index is 13.2. The molecule has 1 aromatic rings. The lowest BCUT2D eigenvalue weighted by Crippen LogP contribution is -2.58. The van der Waals surface area contributed by atoms with Crippen LogP contribution in [0.1, 0.15) is 12.8 Å². The van der Waals surface area contributed by atoms with Gasteiger partial charge in [-0.1, -0.05) is 0 Å². The minimum Gasteiger partial charge on any atom is -0.335 e. The molecule has 1 aliphatic rings. The molecule has 2 N–H and O–H groups in total. The molecular formula is C16H22ClF2N3O4S. The molecule has 2 amide bonds. The molecule has 1 saturated heterocycles. The topological polar surface area (TPSA) is 95.6 Å². The van der Waals surface area contributed by atoms with Gasteiger partial charge in [-0.05, 0) is 38.1 Å². The van der Waals surface area contributed by atoms with Gasteiger partial charge < -0.3 is 15.5 Å². The number of nitrogens with zero attached hydrogens (tertiary/aromatic N) is 1. The molecule has 2 rings (SSSR count). The third-order valence-corrected chi connectivity index (χ3v) is 6.39. The fraction of sp³-hybridized carbons (Fsp3) is 0.500. The summed E-state index contributed by atoms with van der Waals surface area (Å²) in [6.45, 7) is 0.310. The fourth-order valence-corrected chi connectivity index (χ4v) is 4.45. The van der Waals surface area contributed by atoms with Gasteiger partial charge in [-0.15, -0.1) is 12.4 Å². The van der Waals surface area contributed by atoms with Gasteiger partial charge in [0.1, 0.15) is 11.6 Å². The van der Waals surface area contributed by atoms with Crippen molar-refractivity contribution in [2.75, 3.05) is 38.3 Å². The highest BCUT2D eigenvalue weighted by molar-refractivity contribution is 7.92. The summed E-state index contributed by atoms with van der Waals surface area (Å²) in [7, 11) is -2.38. The number of sulfone groups is 1. The Bertz CT molecular complexity index is 794. The maximum atomic E-state index is 13.2. The van der Waals surface area contributed by atoms with Crippen LogP contribution in [0.25, 0.3) is 0 Å². The number of carbonyl (C=O) groups excluding carboxylic acids is 2. The molecule has 0 aromatic heterocycles. The molecule has 1 aliphatic heterocycles. The number of anilines is 1. The summed E-state index contributed by atoms with van der Waals surface area (Å²) in [4.78, 5) is 25.9. The van der Waals surface area contributed by atoms with E-state index in [1.165, 1.54) is 7.05 Å². The average molecular weight is 426 g/mol. The molecule has 0 atom stereocenters. The van der Waals surface area contributed by atoms with Gasteiger partial charge in [-0.2, -0.15) is 0 Å². The van der Waals surface area contributed by atoms with Gasteiger partial charge in [-0.25, -0.2) is 17.2 Å². The number of piperidine rings is 1. The molecule has 152 valence electrons. The molecule has 1 aromatic carbocycles. The summed E-state index contributed by atoms with van der Waals surface area (Å²) in [5.41, 5.74) is -0.0898. The average Bonchev–Trinajstić information content (AvgIpc) is 2.52. The molecule has 0 aliphatic carbocycles. The molecular weight excluding hydrogens is 404 g/mol. The summed E-state index contributed by atoms with van der Waals surface area (Å²) in [5.74, 6) is -3.06. The number of rotatable bonds is 5. The van der Waals surface area contributed by atoms with Crippen molar-refractivity contribution in [3.63, 3.8) is 0 Å². The van der Waals surface area contributed by atoms with E-state index in [1.807, 2.05) is 0 Å². The SMILES string of the molecule is CN(CC(=O)Nc1cc(F)cc(F)c1)C(=O)C1(S(C)(=O)=O)CCNCC1.Cl. The fourth-order valence-electron chi connectivity index (χ4n) is 3.04. The number of nitrogens with one attached hydrogen (secondary N) is 2. The van der Waals surface area contributed by atoms with E-state index >= 15 is 0 Å². The zero-order chi connectivity index (χ0) is 19.5.